The lowest BCUT2D eigenvalue weighted by atomic mass is 9.80. The summed E-state index contributed by atoms with van der Waals surface area (Å²) >= 11 is 0. The van der Waals surface area contributed by atoms with Gasteiger partial charge in [0.1, 0.15) is 18.2 Å². The zero-order chi connectivity index (χ0) is 30.8. The van der Waals surface area contributed by atoms with E-state index >= 15 is 0 Å². The molecule has 43 heavy (non-hydrogen) atoms. The highest BCUT2D eigenvalue weighted by atomic mass is 19.1. The average molecular weight is 592 g/mol. The Hall–Kier alpha value is -4.93. The van der Waals surface area contributed by atoms with E-state index in [0.29, 0.717) is 48.7 Å². The molecule has 2 aromatic carbocycles. The average Bonchev–Trinajstić information content (AvgIpc) is 3.52. The highest BCUT2D eigenvalue weighted by molar-refractivity contribution is 5.99. The normalized spacial score (nSPS) is 14.7. The molecule has 1 aliphatic heterocycles. The molecular weight excluding hydrogens is 557 g/mol. The van der Waals surface area contributed by atoms with Crippen molar-refractivity contribution in [1.82, 2.24) is 14.9 Å². The molecule has 0 saturated carbocycles. The fourth-order valence-corrected chi connectivity index (χ4v) is 4.74. The van der Waals surface area contributed by atoms with Crippen molar-refractivity contribution in [3.8, 4) is 5.75 Å². The largest absolute Gasteiger partial charge is 0.492 e. The number of carbonyl (C=O) groups excluding carboxylic acids is 3. The van der Waals surface area contributed by atoms with Crippen molar-refractivity contribution in [3.05, 3.63) is 107 Å². The van der Waals surface area contributed by atoms with Crippen molar-refractivity contribution in [3.63, 3.8) is 0 Å². The summed E-state index contributed by atoms with van der Waals surface area (Å²) in [5.74, 6) is -2.75. The molecule has 1 atom stereocenters. The van der Waals surface area contributed by atoms with Crippen molar-refractivity contribution >= 4 is 17.9 Å². The van der Waals surface area contributed by atoms with Crippen molar-refractivity contribution in [2.45, 2.75) is 39.2 Å². The smallest absolute Gasteiger partial charge is 0.338 e. The molecule has 0 aliphatic carbocycles. The van der Waals surface area contributed by atoms with E-state index in [1.165, 1.54) is 25.3 Å². The Morgan fingerprint density at radius 1 is 0.884 bits per heavy atom. The molecule has 226 valence electrons. The highest BCUT2D eigenvalue weighted by Crippen LogP contribution is 2.40. The van der Waals surface area contributed by atoms with E-state index in [0.717, 1.165) is 0 Å². The molecule has 3 aromatic rings. The van der Waals surface area contributed by atoms with Gasteiger partial charge >= 0.3 is 17.9 Å². The van der Waals surface area contributed by atoms with Crippen LogP contribution >= 0.6 is 0 Å². The van der Waals surface area contributed by atoms with Crippen LogP contribution in [0.1, 0.15) is 48.5 Å². The number of carbonyl (C=O) groups is 3. The van der Waals surface area contributed by atoms with Crippen molar-refractivity contribution in [2.24, 2.45) is 0 Å². The van der Waals surface area contributed by atoms with E-state index in [4.69, 9.17) is 18.9 Å². The van der Waals surface area contributed by atoms with Gasteiger partial charge in [0.15, 0.2) is 0 Å². The van der Waals surface area contributed by atoms with Crippen LogP contribution in [-0.2, 0) is 30.3 Å². The molecule has 4 rings (SSSR count). The number of ether oxygens (including phenoxy) is 4. The second-order valence-electron chi connectivity index (χ2n) is 9.80. The maximum Gasteiger partial charge on any atom is 0.338 e. The van der Waals surface area contributed by atoms with E-state index < -0.39 is 29.6 Å². The van der Waals surface area contributed by atoms with Crippen LogP contribution in [0.2, 0.25) is 0 Å². The molecule has 0 spiro atoms. The lowest BCUT2D eigenvalue weighted by Crippen LogP contribution is -2.32. The summed E-state index contributed by atoms with van der Waals surface area (Å²) in [6, 6.07) is 12.6. The van der Waals surface area contributed by atoms with Crippen LogP contribution in [0.4, 0.5) is 4.39 Å². The summed E-state index contributed by atoms with van der Waals surface area (Å²) < 4.78 is 38.3. The first kappa shape index (κ1) is 31.0. The van der Waals surface area contributed by atoms with Crippen LogP contribution < -0.4 is 10.1 Å². The van der Waals surface area contributed by atoms with Gasteiger partial charge in [0.2, 0.25) is 0 Å². The standard InChI is InChI=1S/C32H34FN3O7/c1-21-27(31(38)40-3)29(25-8-4-5-9-26(25)33)28(22(2)35-21)32(39)43-18-7-6-17-42-30(37)23-10-12-24(13-11-23)41-19-16-36-15-14-34-20-36/h4-5,8-15,20,29,35H,6-7,16-19H2,1-3H3. The Morgan fingerprint density at radius 3 is 2.16 bits per heavy atom. The lowest BCUT2D eigenvalue weighted by molar-refractivity contribution is -0.139. The number of hydrogen-bond donors (Lipinski definition) is 1. The summed E-state index contributed by atoms with van der Waals surface area (Å²) in [7, 11) is 1.23. The molecule has 0 amide bonds. The molecule has 1 aliphatic rings. The number of halogens is 1. The van der Waals surface area contributed by atoms with Crippen LogP contribution in [0.5, 0.6) is 5.75 Å². The molecule has 2 heterocycles. The van der Waals surface area contributed by atoms with Crippen LogP contribution in [0.25, 0.3) is 0 Å². The quantitative estimate of drug-likeness (QED) is 0.172. The number of unbranched alkanes of at least 4 members (excludes halogenated alkanes) is 1. The van der Waals surface area contributed by atoms with E-state index in [9.17, 15) is 18.8 Å². The summed E-state index contributed by atoms with van der Waals surface area (Å²) in [6.07, 6.45) is 6.14. The zero-order valence-electron chi connectivity index (χ0n) is 24.3. The second-order valence-corrected chi connectivity index (χ2v) is 9.80. The number of esters is 3. The number of imidazole rings is 1. The van der Waals surface area contributed by atoms with Gasteiger partial charge in [-0.2, -0.15) is 0 Å². The Kier molecular flexibility index (Phi) is 10.7. The molecule has 1 unspecified atom stereocenters. The fraction of sp³-hybridized carbons (Fsp3) is 0.312. The molecule has 0 saturated heterocycles. The predicted molar refractivity (Wildman–Crippen MR) is 154 cm³/mol. The first-order valence-corrected chi connectivity index (χ1v) is 13.8. The number of methoxy groups -OCH3 is 1. The van der Waals surface area contributed by atoms with Gasteiger partial charge in [-0.15, -0.1) is 0 Å². The van der Waals surface area contributed by atoms with Crippen molar-refractivity contribution < 1.29 is 37.7 Å². The number of allylic oxidation sites excluding steroid dienone is 2. The SMILES string of the molecule is COC(=O)C1=C(C)NC(C)=C(C(=O)OCCCCOC(=O)c2ccc(OCCn3ccnc3)cc2)C1c1ccccc1F. The van der Waals surface area contributed by atoms with Gasteiger partial charge in [-0.25, -0.2) is 23.8 Å². The molecule has 11 heteroatoms. The third kappa shape index (κ3) is 7.88. The number of aromatic nitrogens is 2. The number of nitrogens with one attached hydrogen (secondary N) is 1. The van der Waals surface area contributed by atoms with E-state index in [1.807, 2.05) is 10.8 Å². The molecule has 1 aromatic heterocycles. The number of dihydropyridines is 1. The van der Waals surface area contributed by atoms with Gasteiger partial charge in [0.25, 0.3) is 0 Å². The second kappa shape index (κ2) is 14.8. The van der Waals surface area contributed by atoms with Gasteiger partial charge in [-0.05, 0) is 57.0 Å². The van der Waals surface area contributed by atoms with Crippen molar-refractivity contribution in [1.29, 1.82) is 0 Å². The van der Waals surface area contributed by atoms with Crippen LogP contribution in [0.3, 0.4) is 0 Å². The summed E-state index contributed by atoms with van der Waals surface area (Å²) in [5, 5.41) is 3.02. The topological polar surface area (TPSA) is 118 Å². The Bertz CT molecular complexity index is 1500. The van der Waals surface area contributed by atoms with E-state index in [1.54, 1.807) is 56.7 Å². The number of benzene rings is 2. The van der Waals surface area contributed by atoms with Gasteiger partial charge in [-0.3, -0.25) is 0 Å². The van der Waals surface area contributed by atoms with E-state index in [2.05, 4.69) is 10.3 Å². The van der Waals surface area contributed by atoms with Gasteiger partial charge < -0.3 is 28.8 Å². The molecular formula is C32H34FN3O7. The minimum Gasteiger partial charge on any atom is -0.492 e. The Morgan fingerprint density at radius 2 is 1.53 bits per heavy atom. The summed E-state index contributed by atoms with van der Waals surface area (Å²) in [5.41, 5.74) is 1.72. The first-order valence-electron chi connectivity index (χ1n) is 13.8. The van der Waals surface area contributed by atoms with Gasteiger partial charge in [0.05, 0.1) is 55.8 Å². The maximum atomic E-state index is 14.9. The predicted octanol–water partition coefficient (Wildman–Crippen LogP) is 4.69. The van der Waals surface area contributed by atoms with Gasteiger partial charge in [0, 0.05) is 29.4 Å². The number of hydrogen-bond acceptors (Lipinski definition) is 9. The molecule has 0 radical (unpaired) electrons. The molecule has 0 bridgehead atoms. The first-order chi connectivity index (χ1) is 20.8. The number of nitrogens with zero attached hydrogens (tertiary/aromatic N) is 2. The minimum absolute atomic E-state index is 0.0402. The third-order valence-corrected chi connectivity index (χ3v) is 6.87. The van der Waals surface area contributed by atoms with E-state index in [-0.39, 0.29) is 29.9 Å². The minimum atomic E-state index is -1.00. The fourth-order valence-electron chi connectivity index (χ4n) is 4.74. The molecule has 1 N–H and O–H groups in total. The Balaban J connectivity index is 1.25. The highest BCUT2D eigenvalue weighted by Gasteiger charge is 2.39. The monoisotopic (exact) mass is 591 g/mol. The third-order valence-electron chi connectivity index (χ3n) is 6.87. The molecule has 0 fully saturated rings. The van der Waals surface area contributed by atoms with Crippen molar-refractivity contribution in [2.75, 3.05) is 26.9 Å². The molecule has 10 nitrogen and oxygen atoms in total. The van der Waals surface area contributed by atoms with Crippen LogP contribution in [0.15, 0.2) is 89.8 Å². The zero-order valence-corrected chi connectivity index (χ0v) is 24.3. The lowest BCUT2D eigenvalue weighted by Gasteiger charge is -2.30. The summed E-state index contributed by atoms with van der Waals surface area (Å²) in [6.45, 7) is 4.63. The van der Waals surface area contributed by atoms with Crippen LogP contribution in [0, 0.1) is 5.82 Å². The van der Waals surface area contributed by atoms with Gasteiger partial charge in [-0.1, -0.05) is 18.2 Å². The number of rotatable bonds is 13. The maximum absolute atomic E-state index is 14.9. The van der Waals surface area contributed by atoms with Crippen LogP contribution in [-0.4, -0.2) is 54.4 Å². The Labute approximate surface area is 249 Å². The summed E-state index contributed by atoms with van der Waals surface area (Å²) in [4.78, 5) is 42.3.